The van der Waals surface area contributed by atoms with Gasteiger partial charge in [-0.05, 0) is 30.5 Å². The molecular weight excluding hydrogens is 328 g/mol. The van der Waals surface area contributed by atoms with Gasteiger partial charge in [-0.25, -0.2) is 0 Å². The van der Waals surface area contributed by atoms with Gasteiger partial charge in [-0.3, -0.25) is 4.55 Å². The summed E-state index contributed by atoms with van der Waals surface area (Å²) in [4.78, 5) is -0.409. The van der Waals surface area contributed by atoms with Crippen molar-refractivity contribution in [1.82, 2.24) is 0 Å². The summed E-state index contributed by atoms with van der Waals surface area (Å²) in [6.45, 7) is 2.17. The molecule has 2 aromatic rings. The molecule has 0 bridgehead atoms. The summed E-state index contributed by atoms with van der Waals surface area (Å²) in [7, 11) is -4.41. The minimum atomic E-state index is -4.41. The fraction of sp³-hybridized carbons (Fsp3) is 0.333. The van der Waals surface area contributed by atoms with Gasteiger partial charge < -0.3 is 9.84 Å². The van der Waals surface area contributed by atoms with Gasteiger partial charge >= 0.3 is 0 Å². The molecule has 24 heavy (non-hydrogen) atoms. The molecule has 0 unspecified atom stereocenters. The van der Waals surface area contributed by atoms with E-state index in [0.29, 0.717) is 5.75 Å². The first-order chi connectivity index (χ1) is 11.4. The van der Waals surface area contributed by atoms with Gasteiger partial charge in [0, 0.05) is 18.2 Å². The van der Waals surface area contributed by atoms with Crippen LogP contribution >= 0.6 is 0 Å². The molecule has 2 rings (SSSR count). The Morgan fingerprint density at radius 3 is 2.50 bits per heavy atom. The van der Waals surface area contributed by atoms with Crippen molar-refractivity contribution in [3.63, 3.8) is 0 Å². The lowest BCUT2D eigenvalue weighted by atomic mass is 10.1. The average Bonchev–Trinajstić information content (AvgIpc) is 2.50. The van der Waals surface area contributed by atoms with Gasteiger partial charge in [-0.1, -0.05) is 38.3 Å². The highest BCUT2D eigenvalue weighted by molar-refractivity contribution is 7.85. The van der Waals surface area contributed by atoms with E-state index in [1.807, 2.05) is 18.2 Å². The normalized spacial score (nSPS) is 11.4. The number of aromatic hydroxyl groups is 1. The SMILES string of the molecule is CCCCCCc1cccc(Oc2cc(O)cc(S(=O)(=O)O)c2)c1. The lowest BCUT2D eigenvalue weighted by Crippen LogP contribution is -1.98. The van der Waals surface area contributed by atoms with Gasteiger partial charge in [0.1, 0.15) is 22.1 Å². The van der Waals surface area contributed by atoms with Crippen LogP contribution in [0.15, 0.2) is 47.4 Å². The molecule has 0 aromatic heterocycles. The Labute approximate surface area is 142 Å². The molecule has 0 radical (unpaired) electrons. The fourth-order valence-corrected chi connectivity index (χ4v) is 2.96. The van der Waals surface area contributed by atoms with Gasteiger partial charge in [-0.2, -0.15) is 8.42 Å². The van der Waals surface area contributed by atoms with E-state index < -0.39 is 15.0 Å². The van der Waals surface area contributed by atoms with Crippen LogP contribution in [-0.4, -0.2) is 18.1 Å². The molecule has 0 amide bonds. The topological polar surface area (TPSA) is 83.8 Å². The minimum Gasteiger partial charge on any atom is -0.508 e. The molecule has 0 fully saturated rings. The van der Waals surface area contributed by atoms with Crippen LogP contribution in [0.4, 0.5) is 0 Å². The van der Waals surface area contributed by atoms with Crippen molar-refractivity contribution in [2.45, 2.75) is 43.9 Å². The smallest absolute Gasteiger partial charge is 0.294 e. The van der Waals surface area contributed by atoms with Crippen molar-refractivity contribution in [1.29, 1.82) is 0 Å². The Balaban J connectivity index is 2.12. The van der Waals surface area contributed by atoms with E-state index in [-0.39, 0.29) is 11.5 Å². The summed E-state index contributed by atoms with van der Waals surface area (Å²) in [5.74, 6) is 0.400. The highest BCUT2D eigenvalue weighted by Gasteiger charge is 2.13. The number of phenols is 1. The van der Waals surface area contributed by atoms with E-state index >= 15 is 0 Å². The van der Waals surface area contributed by atoms with Crippen LogP contribution in [0.1, 0.15) is 38.2 Å². The van der Waals surface area contributed by atoms with E-state index in [9.17, 15) is 13.5 Å². The first kappa shape index (κ1) is 18.3. The third kappa shape index (κ3) is 5.54. The number of unbranched alkanes of at least 4 members (excludes halogenated alkanes) is 3. The van der Waals surface area contributed by atoms with Gasteiger partial charge in [0.15, 0.2) is 0 Å². The Bertz CT molecular complexity index is 784. The average molecular weight is 350 g/mol. The Morgan fingerprint density at radius 1 is 1.00 bits per heavy atom. The third-order valence-electron chi connectivity index (χ3n) is 3.62. The largest absolute Gasteiger partial charge is 0.508 e. The van der Waals surface area contributed by atoms with E-state index in [4.69, 9.17) is 9.29 Å². The van der Waals surface area contributed by atoms with E-state index in [1.54, 1.807) is 6.07 Å². The summed E-state index contributed by atoms with van der Waals surface area (Å²) in [5.41, 5.74) is 1.14. The quantitative estimate of drug-likeness (QED) is 0.539. The molecule has 0 aliphatic heterocycles. The molecule has 0 aliphatic carbocycles. The third-order valence-corrected chi connectivity index (χ3v) is 4.45. The van der Waals surface area contributed by atoms with E-state index in [2.05, 4.69) is 6.92 Å². The first-order valence-electron chi connectivity index (χ1n) is 7.97. The van der Waals surface area contributed by atoms with Crippen molar-refractivity contribution >= 4 is 10.1 Å². The highest BCUT2D eigenvalue weighted by Crippen LogP contribution is 2.29. The van der Waals surface area contributed by atoms with Crippen LogP contribution in [0.2, 0.25) is 0 Å². The molecular formula is C18H22O5S. The highest BCUT2D eigenvalue weighted by atomic mass is 32.2. The predicted molar refractivity (Wildman–Crippen MR) is 92.3 cm³/mol. The summed E-state index contributed by atoms with van der Waals surface area (Å²) in [5, 5.41) is 9.60. The molecule has 0 atom stereocenters. The monoisotopic (exact) mass is 350 g/mol. The Hall–Kier alpha value is -2.05. The summed E-state index contributed by atoms with van der Waals surface area (Å²) in [6, 6.07) is 11.0. The molecule has 2 N–H and O–H groups in total. The second-order valence-corrected chi connectivity index (χ2v) is 7.12. The van der Waals surface area contributed by atoms with Gasteiger partial charge in [0.2, 0.25) is 0 Å². The van der Waals surface area contributed by atoms with Crippen LogP contribution in [0.5, 0.6) is 17.2 Å². The maximum atomic E-state index is 11.2. The number of rotatable bonds is 8. The Kier molecular flexibility index (Phi) is 6.23. The Morgan fingerprint density at radius 2 is 1.79 bits per heavy atom. The zero-order chi connectivity index (χ0) is 17.6. The van der Waals surface area contributed by atoms with E-state index in [0.717, 1.165) is 24.5 Å². The van der Waals surface area contributed by atoms with Crippen LogP contribution < -0.4 is 4.74 Å². The fourth-order valence-electron chi connectivity index (χ4n) is 2.42. The van der Waals surface area contributed by atoms with Crippen molar-refractivity contribution in [3.8, 4) is 17.2 Å². The zero-order valence-electron chi connectivity index (χ0n) is 13.6. The molecule has 130 valence electrons. The molecule has 6 heteroatoms. The lowest BCUT2D eigenvalue weighted by molar-refractivity contribution is 0.446. The predicted octanol–water partition coefficient (Wildman–Crippen LogP) is 4.55. The number of aryl methyl sites for hydroxylation is 1. The molecule has 0 spiro atoms. The number of phenolic OH excluding ortho intramolecular Hbond substituents is 1. The molecule has 0 heterocycles. The molecule has 0 aliphatic rings. The van der Waals surface area contributed by atoms with E-state index in [1.165, 1.54) is 31.4 Å². The second kappa shape index (κ2) is 8.17. The summed E-state index contributed by atoms with van der Waals surface area (Å²) in [6.07, 6.45) is 5.66. The van der Waals surface area contributed by atoms with Crippen molar-refractivity contribution in [2.75, 3.05) is 0 Å². The summed E-state index contributed by atoms with van der Waals surface area (Å²) >= 11 is 0. The maximum Gasteiger partial charge on any atom is 0.294 e. The number of hydrogen-bond donors (Lipinski definition) is 2. The van der Waals surface area contributed by atoms with Crippen molar-refractivity contribution in [2.24, 2.45) is 0 Å². The maximum absolute atomic E-state index is 11.2. The molecule has 0 saturated carbocycles. The van der Waals surface area contributed by atoms with Crippen molar-refractivity contribution in [3.05, 3.63) is 48.0 Å². The van der Waals surface area contributed by atoms with Crippen LogP contribution in [0, 0.1) is 0 Å². The van der Waals surface area contributed by atoms with Crippen LogP contribution in [-0.2, 0) is 16.5 Å². The standard InChI is InChI=1S/C18H22O5S/c1-2-3-4-5-7-14-8-6-9-16(10-14)23-17-11-15(19)12-18(13-17)24(20,21)22/h6,8-13,19H,2-5,7H2,1H3,(H,20,21,22). The van der Waals surface area contributed by atoms with Crippen LogP contribution in [0.3, 0.4) is 0 Å². The molecule has 0 saturated heterocycles. The lowest BCUT2D eigenvalue weighted by Gasteiger charge is -2.09. The van der Waals surface area contributed by atoms with Crippen molar-refractivity contribution < 1.29 is 22.8 Å². The van der Waals surface area contributed by atoms with Gasteiger partial charge in [0.25, 0.3) is 10.1 Å². The molecule has 5 nitrogen and oxygen atoms in total. The minimum absolute atomic E-state index is 0.144. The number of benzene rings is 2. The van der Waals surface area contributed by atoms with Crippen LogP contribution in [0.25, 0.3) is 0 Å². The molecule has 2 aromatic carbocycles. The number of ether oxygens (including phenoxy) is 1. The van der Waals surface area contributed by atoms with Gasteiger partial charge in [0.05, 0.1) is 0 Å². The number of hydrogen-bond acceptors (Lipinski definition) is 4. The first-order valence-corrected chi connectivity index (χ1v) is 9.41. The summed E-state index contributed by atoms with van der Waals surface area (Å²) < 4.78 is 37.1. The second-order valence-electron chi connectivity index (χ2n) is 5.70. The van der Waals surface area contributed by atoms with Gasteiger partial charge in [-0.15, -0.1) is 0 Å². The zero-order valence-corrected chi connectivity index (χ0v) is 14.4.